The molecule has 2 heterocycles. The van der Waals surface area contributed by atoms with E-state index in [4.69, 9.17) is 0 Å². The standard InChI is InChI=1S/C14H10FN5O4S/c15-10-1-3-11(4-2-10)25(23,24)20-6-5-9(8-20)12(21)7-13(22)14-16-18-19-17-14/h1-8,21H,(H,16,17,18,19). The predicted octanol–water partition coefficient (Wildman–Crippen LogP) is 1.16. The summed E-state index contributed by atoms with van der Waals surface area (Å²) in [6.45, 7) is 0. The van der Waals surface area contributed by atoms with Crippen LogP contribution >= 0.6 is 0 Å². The summed E-state index contributed by atoms with van der Waals surface area (Å²) in [7, 11) is -3.95. The summed E-state index contributed by atoms with van der Waals surface area (Å²) >= 11 is 0. The van der Waals surface area contributed by atoms with E-state index in [0.717, 1.165) is 40.5 Å². The zero-order valence-corrected chi connectivity index (χ0v) is 13.2. The van der Waals surface area contributed by atoms with Gasteiger partial charge in [0.05, 0.1) is 4.90 Å². The summed E-state index contributed by atoms with van der Waals surface area (Å²) in [5.41, 5.74) is 0.0857. The van der Waals surface area contributed by atoms with Gasteiger partial charge in [0, 0.05) is 24.0 Å². The summed E-state index contributed by atoms with van der Waals surface area (Å²) in [4.78, 5) is 11.6. The molecule has 0 amide bonds. The zero-order chi connectivity index (χ0) is 18.0. The lowest BCUT2D eigenvalue weighted by Crippen LogP contribution is -2.10. The van der Waals surface area contributed by atoms with Crippen molar-refractivity contribution in [2.75, 3.05) is 0 Å². The van der Waals surface area contributed by atoms with Gasteiger partial charge in [0.1, 0.15) is 11.6 Å². The van der Waals surface area contributed by atoms with E-state index in [9.17, 15) is 22.7 Å². The SMILES string of the molecule is O=C(C=C(O)c1ccn(S(=O)(=O)c2ccc(F)cc2)c1)c1nn[nH]n1. The summed E-state index contributed by atoms with van der Waals surface area (Å²) in [6, 6.07) is 5.60. The minimum atomic E-state index is -3.95. The van der Waals surface area contributed by atoms with E-state index in [0.29, 0.717) is 0 Å². The maximum absolute atomic E-state index is 12.9. The normalized spacial score (nSPS) is 12.3. The number of allylic oxidation sites excluding steroid dienone is 1. The highest BCUT2D eigenvalue weighted by Gasteiger charge is 2.18. The molecule has 0 saturated carbocycles. The Hall–Kier alpha value is -3.34. The van der Waals surface area contributed by atoms with E-state index in [1.807, 2.05) is 0 Å². The van der Waals surface area contributed by atoms with Crippen molar-refractivity contribution >= 4 is 21.6 Å². The number of ketones is 1. The number of aliphatic hydroxyl groups excluding tert-OH is 1. The number of carbonyl (C=O) groups is 1. The number of hydrogen-bond acceptors (Lipinski definition) is 7. The second-order valence-electron chi connectivity index (χ2n) is 4.82. The minimum Gasteiger partial charge on any atom is -0.507 e. The van der Waals surface area contributed by atoms with Gasteiger partial charge in [-0.3, -0.25) is 4.79 Å². The third-order valence-corrected chi connectivity index (χ3v) is 4.84. The number of nitrogens with zero attached hydrogens (tertiary/aromatic N) is 4. The molecule has 2 aromatic heterocycles. The molecule has 0 spiro atoms. The Bertz CT molecular complexity index is 1040. The lowest BCUT2D eigenvalue weighted by molar-refractivity contribution is 0.103. The smallest absolute Gasteiger partial charge is 0.267 e. The minimum absolute atomic E-state index is 0.0857. The highest BCUT2D eigenvalue weighted by molar-refractivity contribution is 7.90. The number of halogens is 1. The van der Waals surface area contributed by atoms with Crippen molar-refractivity contribution < 1.29 is 22.7 Å². The average molecular weight is 363 g/mol. The van der Waals surface area contributed by atoms with Gasteiger partial charge in [0.15, 0.2) is 0 Å². The fraction of sp³-hybridized carbons (Fsp3) is 0. The number of carbonyl (C=O) groups excluding carboxylic acids is 1. The first-order valence-corrected chi connectivity index (χ1v) is 8.20. The van der Waals surface area contributed by atoms with E-state index in [1.165, 1.54) is 12.3 Å². The lowest BCUT2D eigenvalue weighted by Gasteiger charge is -2.05. The second kappa shape index (κ2) is 6.28. The number of aromatic amines is 1. The molecule has 0 aliphatic rings. The van der Waals surface area contributed by atoms with E-state index in [2.05, 4.69) is 20.6 Å². The van der Waals surface area contributed by atoms with Gasteiger partial charge in [0.25, 0.3) is 10.0 Å². The van der Waals surface area contributed by atoms with Crippen LogP contribution in [0.1, 0.15) is 16.2 Å². The van der Waals surface area contributed by atoms with E-state index >= 15 is 0 Å². The molecule has 3 rings (SSSR count). The van der Waals surface area contributed by atoms with Crippen molar-refractivity contribution in [3.8, 4) is 0 Å². The van der Waals surface area contributed by atoms with Crippen LogP contribution < -0.4 is 0 Å². The Kier molecular flexibility index (Phi) is 4.15. The van der Waals surface area contributed by atoms with Gasteiger partial charge < -0.3 is 5.11 Å². The first kappa shape index (κ1) is 16.5. The summed E-state index contributed by atoms with van der Waals surface area (Å²) < 4.78 is 38.6. The summed E-state index contributed by atoms with van der Waals surface area (Å²) in [5.74, 6) is -1.99. The van der Waals surface area contributed by atoms with Crippen LogP contribution in [0.25, 0.3) is 5.76 Å². The van der Waals surface area contributed by atoms with Crippen LogP contribution in [0.3, 0.4) is 0 Å². The van der Waals surface area contributed by atoms with Crippen LogP contribution in [-0.2, 0) is 10.0 Å². The van der Waals surface area contributed by atoms with Crippen molar-refractivity contribution in [2.24, 2.45) is 0 Å². The molecule has 2 N–H and O–H groups in total. The van der Waals surface area contributed by atoms with Gasteiger partial charge in [0.2, 0.25) is 11.6 Å². The molecule has 0 atom stereocenters. The second-order valence-corrected chi connectivity index (χ2v) is 6.66. The molecule has 0 radical (unpaired) electrons. The molecule has 128 valence electrons. The fourth-order valence-corrected chi connectivity index (χ4v) is 3.14. The van der Waals surface area contributed by atoms with Crippen LogP contribution in [0.15, 0.2) is 53.7 Å². The van der Waals surface area contributed by atoms with Crippen molar-refractivity contribution in [3.63, 3.8) is 0 Å². The van der Waals surface area contributed by atoms with Gasteiger partial charge in [-0.1, -0.05) is 0 Å². The largest absolute Gasteiger partial charge is 0.507 e. The average Bonchev–Trinajstić information content (AvgIpc) is 3.27. The third-order valence-electron chi connectivity index (χ3n) is 3.19. The van der Waals surface area contributed by atoms with Crippen molar-refractivity contribution in [1.82, 2.24) is 24.6 Å². The van der Waals surface area contributed by atoms with E-state index in [-0.39, 0.29) is 16.3 Å². The molecule has 0 saturated heterocycles. The van der Waals surface area contributed by atoms with Crippen LogP contribution in [0, 0.1) is 5.82 Å². The Labute approximate surface area is 140 Å². The highest BCUT2D eigenvalue weighted by Crippen LogP contribution is 2.19. The maximum Gasteiger partial charge on any atom is 0.267 e. The molecule has 0 unspecified atom stereocenters. The van der Waals surface area contributed by atoms with Crippen LogP contribution in [0.5, 0.6) is 0 Å². The number of tetrazole rings is 1. The Balaban J connectivity index is 1.89. The monoisotopic (exact) mass is 363 g/mol. The van der Waals surface area contributed by atoms with Gasteiger partial charge in [-0.25, -0.2) is 16.8 Å². The molecule has 9 nitrogen and oxygen atoms in total. The number of H-pyrrole nitrogens is 1. The fourth-order valence-electron chi connectivity index (χ4n) is 1.94. The molecule has 0 aliphatic heterocycles. The Morgan fingerprint density at radius 2 is 1.96 bits per heavy atom. The molecular weight excluding hydrogens is 353 g/mol. The van der Waals surface area contributed by atoms with Crippen molar-refractivity contribution in [3.05, 3.63) is 66.0 Å². The number of benzene rings is 1. The molecule has 11 heteroatoms. The zero-order valence-electron chi connectivity index (χ0n) is 12.4. The quantitative estimate of drug-likeness (QED) is 0.395. The van der Waals surface area contributed by atoms with Crippen molar-refractivity contribution in [1.29, 1.82) is 0 Å². The van der Waals surface area contributed by atoms with Gasteiger partial charge in [-0.15, -0.1) is 10.2 Å². The molecule has 1 aromatic carbocycles. The number of aromatic nitrogens is 5. The molecule has 0 fully saturated rings. The van der Waals surface area contributed by atoms with Gasteiger partial charge >= 0.3 is 0 Å². The molecular formula is C14H10FN5O4S. The molecule has 3 aromatic rings. The summed E-state index contributed by atoms with van der Waals surface area (Å²) in [6.07, 6.45) is 3.15. The molecule has 0 bridgehead atoms. The lowest BCUT2D eigenvalue weighted by atomic mass is 10.2. The van der Waals surface area contributed by atoms with Crippen LogP contribution in [-0.4, -0.2) is 43.9 Å². The van der Waals surface area contributed by atoms with Crippen molar-refractivity contribution in [2.45, 2.75) is 4.90 Å². The molecule has 25 heavy (non-hydrogen) atoms. The number of rotatable bonds is 5. The predicted molar refractivity (Wildman–Crippen MR) is 82.5 cm³/mol. The van der Waals surface area contributed by atoms with Crippen LogP contribution in [0.2, 0.25) is 0 Å². The first-order valence-electron chi connectivity index (χ1n) is 6.76. The topological polar surface area (TPSA) is 131 Å². The van der Waals surface area contributed by atoms with Gasteiger partial charge in [-0.2, -0.15) is 5.21 Å². The Morgan fingerprint density at radius 1 is 1.24 bits per heavy atom. The van der Waals surface area contributed by atoms with E-state index in [1.54, 1.807) is 0 Å². The highest BCUT2D eigenvalue weighted by atomic mass is 32.2. The number of nitrogens with one attached hydrogen (secondary N) is 1. The Morgan fingerprint density at radius 3 is 2.60 bits per heavy atom. The van der Waals surface area contributed by atoms with E-state index < -0.39 is 27.4 Å². The number of hydrogen-bond donors (Lipinski definition) is 2. The first-order chi connectivity index (χ1) is 11.9. The van der Waals surface area contributed by atoms with Gasteiger partial charge in [-0.05, 0) is 35.5 Å². The molecule has 0 aliphatic carbocycles. The summed E-state index contributed by atoms with van der Waals surface area (Å²) in [5, 5.41) is 22.2. The van der Waals surface area contributed by atoms with Crippen LogP contribution in [0.4, 0.5) is 4.39 Å². The number of aliphatic hydroxyl groups is 1. The maximum atomic E-state index is 12.9. The third kappa shape index (κ3) is 3.30.